The Labute approximate surface area is 95.9 Å². The van der Waals surface area contributed by atoms with Crippen molar-refractivity contribution in [3.8, 4) is 0 Å². The summed E-state index contributed by atoms with van der Waals surface area (Å²) in [6.45, 7) is 4.27. The van der Waals surface area contributed by atoms with Crippen LogP contribution in [0.1, 0.15) is 32.1 Å². The average molecular weight is 264 g/mol. The molecule has 84 valence electrons. The van der Waals surface area contributed by atoms with Gasteiger partial charge in [0, 0.05) is 18.5 Å². The van der Waals surface area contributed by atoms with E-state index in [1.807, 2.05) is 0 Å². The van der Waals surface area contributed by atoms with E-state index in [0.717, 1.165) is 31.0 Å². The molecule has 0 aromatic rings. The summed E-state index contributed by atoms with van der Waals surface area (Å²) in [5.74, 6) is 0.776. The second-order valence-electron chi connectivity index (χ2n) is 4.04. The van der Waals surface area contributed by atoms with Crippen molar-refractivity contribution in [3.05, 3.63) is 0 Å². The minimum atomic E-state index is 0.776. The van der Waals surface area contributed by atoms with Gasteiger partial charge in [0.2, 0.25) is 0 Å². The predicted molar refractivity (Wildman–Crippen MR) is 64.1 cm³/mol. The number of hydrogen-bond acceptors (Lipinski definition) is 2. The van der Waals surface area contributed by atoms with Crippen LogP contribution in [0.15, 0.2) is 0 Å². The van der Waals surface area contributed by atoms with Gasteiger partial charge in [-0.1, -0.05) is 28.8 Å². The van der Waals surface area contributed by atoms with Gasteiger partial charge in [-0.25, -0.2) is 0 Å². The molecule has 0 aromatic heterocycles. The van der Waals surface area contributed by atoms with E-state index in [9.17, 15) is 0 Å². The van der Waals surface area contributed by atoms with E-state index >= 15 is 0 Å². The topological polar surface area (TPSA) is 21.3 Å². The molecule has 1 heterocycles. The maximum absolute atomic E-state index is 5.32. The van der Waals surface area contributed by atoms with Crippen molar-refractivity contribution in [3.63, 3.8) is 0 Å². The van der Waals surface area contributed by atoms with Gasteiger partial charge in [-0.2, -0.15) is 0 Å². The van der Waals surface area contributed by atoms with Crippen molar-refractivity contribution in [2.45, 2.75) is 32.1 Å². The minimum absolute atomic E-state index is 0.776. The Morgan fingerprint density at radius 1 is 1.21 bits per heavy atom. The third kappa shape index (κ3) is 5.99. The van der Waals surface area contributed by atoms with Crippen LogP contribution >= 0.6 is 15.9 Å². The van der Waals surface area contributed by atoms with Crippen LogP contribution in [-0.4, -0.2) is 31.6 Å². The van der Waals surface area contributed by atoms with E-state index < -0.39 is 0 Å². The van der Waals surface area contributed by atoms with Gasteiger partial charge in [-0.05, 0) is 31.7 Å². The van der Waals surface area contributed by atoms with Gasteiger partial charge in [0.1, 0.15) is 0 Å². The summed E-state index contributed by atoms with van der Waals surface area (Å²) in [6.07, 6.45) is 6.60. The maximum Gasteiger partial charge on any atom is 0.0507 e. The molecular formula is C11H22BrNO. The minimum Gasteiger partial charge on any atom is -0.381 e. The number of alkyl halides is 1. The van der Waals surface area contributed by atoms with Crippen LogP contribution in [0, 0.1) is 5.92 Å². The molecule has 1 fully saturated rings. The van der Waals surface area contributed by atoms with E-state index in [0.29, 0.717) is 0 Å². The van der Waals surface area contributed by atoms with E-state index in [1.165, 1.54) is 38.6 Å². The highest BCUT2D eigenvalue weighted by atomic mass is 79.9. The lowest BCUT2D eigenvalue weighted by atomic mass is 10.1. The number of nitrogens with one attached hydrogen (secondary N) is 1. The lowest BCUT2D eigenvalue weighted by Crippen LogP contribution is -2.23. The molecule has 1 aliphatic heterocycles. The maximum atomic E-state index is 5.32. The fourth-order valence-corrected chi connectivity index (χ4v) is 2.15. The van der Waals surface area contributed by atoms with Crippen LogP contribution in [0.4, 0.5) is 0 Å². The molecule has 0 saturated carbocycles. The molecule has 0 amide bonds. The summed E-state index contributed by atoms with van der Waals surface area (Å²) in [7, 11) is 0. The smallest absolute Gasteiger partial charge is 0.0507 e. The standard InChI is InChI=1S/C11H22BrNO/c12-6-3-1-2-4-7-13-9-11-5-8-14-10-11/h11,13H,1-10H2. The molecule has 14 heavy (non-hydrogen) atoms. The SMILES string of the molecule is BrCCCCCCNCC1CCOC1. The molecule has 0 aromatic carbocycles. The van der Waals surface area contributed by atoms with Gasteiger partial charge >= 0.3 is 0 Å². The normalized spacial score (nSPS) is 21.6. The Morgan fingerprint density at radius 3 is 2.79 bits per heavy atom. The van der Waals surface area contributed by atoms with Crippen LogP contribution in [0.5, 0.6) is 0 Å². The molecule has 1 unspecified atom stereocenters. The monoisotopic (exact) mass is 263 g/mol. The van der Waals surface area contributed by atoms with E-state index in [2.05, 4.69) is 21.2 Å². The Kier molecular flexibility index (Phi) is 7.74. The Hall–Kier alpha value is 0.400. The van der Waals surface area contributed by atoms with Crippen LogP contribution < -0.4 is 5.32 Å². The molecule has 0 aliphatic carbocycles. The zero-order valence-corrected chi connectivity index (χ0v) is 10.5. The Balaban J connectivity index is 1.75. The highest BCUT2D eigenvalue weighted by Crippen LogP contribution is 2.10. The third-order valence-corrected chi connectivity index (χ3v) is 3.25. The van der Waals surface area contributed by atoms with E-state index in [1.54, 1.807) is 0 Å². The number of hydrogen-bond donors (Lipinski definition) is 1. The third-order valence-electron chi connectivity index (χ3n) is 2.69. The van der Waals surface area contributed by atoms with E-state index in [-0.39, 0.29) is 0 Å². The van der Waals surface area contributed by atoms with Gasteiger partial charge in [0.25, 0.3) is 0 Å². The summed E-state index contributed by atoms with van der Waals surface area (Å²) in [5.41, 5.74) is 0. The molecule has 1 saturated heterocycles. The number of halogens is 1. The molecular weight excluding hydrogens is 242 g/mol. The molecule has 1 N–H and O–H groups in total. The fourth-order valence-electron chi connectivity index (χ4n) is 1.75. The molecule has 0 spiro atoms. The fraction of sp³-hybridized carbons (Fsp3) is 1.00. The van der Waals surface area contributed by atoms with E-state index in [4.69, 9.17) is 4.74 Å². The molecule has 1 aliphatic rings. The summed E-state index contributed by atoms with van der Waals surface area (Å²) >= 11 is 3.45. The zero-order valence-electron chi connectivity index (χ0n) is 8.93. The number of unbranched alkanes of at least 4 members (excludes halogenated alkanes) is 3. The molecule has 0 radical (unpaired) electrons. The average Bonchev–Trinajstić information content (AvgIpc) is 2.69. The lowest BCUT2D eigenvalue weighted by Gasteiger charge is -2.08. The largest absolute Gasteiger partial charge is 0.381 e. The predicted octanol–water partition coefficient (Wildman–Crippen LogP) is 2.57. The van der Waals surface area contributed by atoms with Crippen molar-refractivity contribution in [1.82, 2.24) is 5.32 Å². The molecule has 3 heteroatoms. The number of ether oxygens (including phenoxy) is 1. The van der Waals surface area contributed by atoms with Gasteiger partial charge in [0.15, 0.2) is 0 Å². The summed E-state index contributed by atoms with van der Waals surface area (Å²) < 4.78 is 5.32. The molecule has 1 atom stereocenters. The van der Waals surface area contributed by atoms with Crippen molar-refractivity contribution in [2.75, 3.05) is 31.6 Å². The van der Waals surface area contributed by atoms with Gasteiger partial charge in [0.05, 0.1) is 6.61 Å². The first kappa shape index (κ1) is 12.5. The Morgan fingerprint density at radius 2 is 2.07 bits per heavy atom. The summed E-state index contributed by atoms with van der Waals surface area (Å²) in [5, 5.41) is 4.67. The molecule has 0 bridgehead atoms. The summed E-state index contributed by atoms with van der Waals surface area (Å²) in [4.78, 5) is 0. The van der Waals surface area contributed by atoms with Crippen molar-refractivity contribution in [1.29, 1.82) is 0 Å². The number of rotatable bonds is 8. The second-order valence-corrected chi connectivity index (χ2v) is 4.83. The zero-order chi connectivity index (χ0) is 10.1. The van der Waals surface area contributed by atoms with Crippen LogP contribution in [-0.2, 0) is 4.74 Å². The highest BCUT2D eigenvalue weighted by Gasteiger charge is 2.14. The molecule has 2 nitrogen and oxygen atoms in total. The van der Waals surface area contributed by atoms with Gasteiger partial charge in [-0.15, -0.1) is 0 Å². The Bertz CT molecular complexity index is 126. The van der Waals surface area contributed by atoms with Gasteiger partial charge in [-0.3, -0.25) is 0 Å². The first-order chi connectivity index (χ1) is 6.93. The quantitative estimate of drug-likeness (QED) is 0.537. The first-order valence-corrected chi connectivity index (χ1v) is 6.90. The highest BCUT2D eigenvalue weighted by molar-refractivity contribution is 9.09. The molecule has 1 rings (SSSR count). The summed E-state index contributed by atoms with van der Waals surface area (Å²) in [6, 6.07) is 0. The van der Waals surface area contributed by atoms with Crippen LogP contribution in [0.2, 0.25) is 0 Å². The first-order valence-electron chi connectivity index (χ1n) is 5.78. The van der Waals surface area contributed by atoms with Crippen LogP contribution in [0.3, 0.4) is 0 Å². The van der Waals surface area contributed by atoms with Gasteiger partial charge < -0.3 is 10.1 Å². The lowest BCUT2D eigenvalue weighted by molar-refractivity contribution is 0.185. The van der Waals surface area contributed by atoms with Crippen LogP contribution in [0.25, 0.3) is 0 Å². The van der Waals surface area contributed by atoms with Crippen molar-refractivity contribution >= 4 is 15.9 Å². The van der Waals surface area contributed by atoms with Crippen molar-refractivity contribution < 1.29 is 4.74 Å². The second kappa shape index (κ2) is 8.69. The van der Waals surface area contributed by atoms with Crippen molar-refractivity contribution in [2.24, 2.45) is 5.92 Å².